The first-order valence-electron chi connectivity index (χ1n) is 4.18. The second kappa shape index (κ2) is 3.53. The third kappa shape index (κ3) is 1.85. The maximum atomic E-state index is 12.9. The lowest BCUT2D eigenvalue weighted by atomic mass is 9.85. The molecule has 0 aromatic heterocycles. The summed E-state index contributed by atoms with van der Waals surface area (Å²) in [6.07, 6.45) is 0. The van der Waals surface area contributed by atoms with E-state index >= 15 is 0 Å². The Morgan fingerprint density at radius 1 is 1.21 bits per heavy atom. The van der Waals surface area contributed by atoms with Crippen molar-refractivity contribution in [1.29, 1.82) is 0 Å². The predicted molar refractivity (Wildman–Crippen MR) is 48.1 cm³/mol. The minimum atomic E-state index is -1.01. The zero-order valence-corrected chi connectivity index (χ0v) is 8.01. The summed E-state index contributed by atoms with van der Waals surface area (Å²) in [5, 5.41) is 17.8. The average Bonchev–Trinajstić information content (AvgIpc) is 2.13. The molecule has 0 aliphatic carbocycles. The normalized spacial score (nSPS) is 11.8. The maximum absolute atomic E-state index is 12.9. The number of benzene rings is 1. The van der Waals surface area contributed by atoms with Gasteiger partial charge in [0, 0.05) is 5.41 Å². The summed E-state index contributed by atoms with van der Waals surface area (Å²) < 4.78 is 25.9. The molecule has 0 radical (unpaired) electrons. The molecule has 2 nitrogen and oxygen atoms in total. The van der Waals surface area contributed by atoms with Crippen LogP contribution in [0.4, 0.5) is 8.78 Å². The van der Waals surface area contributed by atoms with Gasteiger partial charge in [0.2, 0.25) is 0 Å². The number of aliphatic hydroxyl groups is 1. The minimum absolute atomic E-state index is 0.226. The van der Waals surface area contributed by atoms with Crippen molar-refractivity contribution in [3.05, 3.63) is 29.3 Å². The van der Waals surface area contributed by atoms with E-state index in [1.165, 1.54) is 0 Å². The fourth-order valence-corrected chi connectivity index (χ4v) is 1.05. The number of halogens is 2. The van der Waals surface area contributed by atoms with Gasteiger partial charge in [-0.3, -0.25) is 0 Å². The largest absolute Gasteiger partial charge is 0.503 e. The Hall–Kier alpha value is -1.16. The first kappa shape index (κ1) is 10.9. The van der Waals surface area contributed by atoms with Gasteiger partial charge in [-0.1, -0.05) is 13.8 Å². The van der Waals surface area contributed by atoms with E-state index in [0.717, 1.165) is 12.1 Å². The molecule has 1 aromatic rings. The zero-order chi connectivity index (χ0) is 10.9. The number of phenolic OH excluding ortho intramolecular Hbond substituents is 1. The molecule has 0 heterocycles. The van der Waals surface area contributed by atoms with Crippen molar-refractivity contribution in [2.24, 2.45) is 0 Å². The van der Waals surface area contributed by atoms with Crippen LogP contribution in [0, 0.1) is 11.6 Å². The average molecular weight is 202 g/mol. The van der Waals surface area contributed by atoms with E-state index < -0.39 is 22.8 Å². The molecule has 4 heteroatoms. The number of aromatic hydroxyl groups is 1. The van der Waals surface area contributed by atoms with E-state index in [9.17, 15) is 8.78 Å². The van der Waals surface area contributed by atoms with Crippen LogP contribution in [-0.4, -0.2) is 16.8 Å². The fourth-order valence-electron chi connectivity index (χ4n) is 1.05. The Morgan fingerprint density at radius 2 is 1.64 bits per heavy atom. The summed E-state index contributed by atoms with van der Waals surface area (Å²) in [6, 6.07) is 2.04. The van der Waals surface area contributed by atoms with Gasteiger partial charge in [-0.2, -0.15) is 0 Å². The highest BCUT2D eigenvalue weighted by molar-refractivity contribution is 5.33. The van der Waals surface area contributed by atoms with Gasteiger partial charge in [-0.05, 0) is 17.7 Å². The van der Waals surface area contributed by atoms with Crippen molar-refractivity contribution in [2.75, 3.05) is 6.61 Å². The molecule has 78 valence electrons. The SMILES string of the molecule is CC(C)(CO)c1cc(F)c(O)c(F)c1. The molecule has 0 aliphatic heterocycles. The number of hydrogen-bond acceptors (Lipinski definition) is 2. The van der Waals surface area contributed by atoms with Crippen LogP contribution in [0.25, 0.3) is 0 Å². The van der Waals surface area contributed by atoms with Crippen molar-refractivity contribution in [1.82, 2.24) is 0 Å². The van der Waals surface area contributed by atoms with E-state index in [-0.39, 0.29) is 6.61 Å². The first-order valence-corrected chi connectivity index (χ1v) is 4.18. The summed E-state index contributed by atoms with van der Waals surface area (Å²) in [4.78, 5) is 0. The zero-order valence-electron chi connectivity index (χ0n) is 8.01. The van der Waals surface area contributed by atoms with Crippen LogP contribution in [0.15, 0.2) is 12.1 Å². The van der Waals surface area contributed by atoms with Gasteiger partial charge < -0.3 is 10.2 Å². The third-order valence-electron chi connectivity index (χ3n) is 2.19. The minimum Gasteiger partial charge on any atom is -0.503 e. The molecule has 0 unspecified atom stereocenters. The number of aliphatic hydroxyl groups excluding tert-OH is 1. The first-order chi connectivity index (χ1) is 6.38. The molecule has 0 amide bonds. The molecule has 0 saturated carbocycles. The van der Waals surface area contributed by atoms with Gasteiger partial charge in [0.15, 0.2) is 17.4 Å². The van der Waals surface area contributed by atoms with Crippen LogP contribution in [-0.2, 0) is 5.41 Å². The highest BCUT2D eigenvalue weighted by Crippen LogP contribution is 2.28. The van der Waals surface area contributed by atoms with Crippen LogP contribution in [0.3, 0.4) is 0 Å². The van der Waals surface area contributed by atoms with E-state index in [1.807, 2.05) is 0 Å². The lowest BCUT2D eigenvalue weighted by Gasteiger charge is -2.22. The third-order valence-corrected chi connectivity index (χ3v) is 2.19. The monoisotopic (exact) mass is 202 g/mol. The molecule has 0 bridgehead atoms. The Kier molecular flexibility index (Phi) is 2.76. The molecule has 0 spiro atoms. The smallest absolute Gasteiger partial charge is 0.187 e. The number of phenols is 1. The molecule has 0 atom stereocenters. The van der Waals surface area contributed by atoms with Crippen LogP contribution < -0.4 is 0 Å². The van der Waals surface area contributed by atoms with Crippen molar-refractivity contribution in [3.8, 4) is 5.75 Å². The van der Waals surface area contributed by atoms with Gasteiger partial charge in [-0.25, -0.2) is 8.78 Å². The lowest BCUT2D eigenvalue weighted by molar-refractivity contribution is 0.217. The van der Waals surface area contributed by atoms with Crippen LogP contribution >= 0.6 is 0 Å². The van der Waals surface area contributed by atoms with Crippen LogP contribution in [0.1, 0.15) is 19.4 Å². The highest BCUT2D eigenvalue weighted by Gasteiger charge is 2.22. The molecule has 0 fully saturated rings. The standard InChI is InChI=1S/C10H12F2O2/c1-10(2,5-13)6-3-7(11)9(14)8(12)4-6/h3-4,13-14H,5H2,1-2H3. The molecule has 0 saturated heterocycles. The second-order valence-corrected chi connectivity index (χ2v) is 3.83. The molecule has 14 heavy (non-hydrogen) atoms. The number of rotatable bonds is 2. The Labute approximate surface area is 80.8 Å². The van der Waals surface area contributed by atoms with Gasteiger partial charge >= 0.3 is 0 Å². The van der Waals surface area contributed by atoms with Gasteiger partial charge in [-0.15, -0.1) is 0 Å². The molecular formula is C10H12F2O2. The quantitative estimate of drug-likeness (QED) is 0.769. The molecule has 2 N–H and O–H groups in total. The van der Waals surface area contributed by atoms with Gasteiger partial charge in [0.05, 0.1) is 6.61 Å². The Bertz CT molecular complexity index is 325. The van der Waals surface area contributed by atoms with Crippen molar-refractivity contribution < 1.29 is 19.0 Å². The molecule has 0 aliphatic rings. The molecular weight excluding hydrogens is 190 g/mol. The van der Waals surface area contributed by atoms with Gasteiger partial charge in [0.1, 0.15) is 0 Å². The second-order valence-electron chi connectivity index (χ2n) is 3.83. The predicted octanol–water partition coefficient (Wildman–Crippen LogP) is 1.94. The van der Waals surface area contributed by atoms with Crippen molar-refractivity contribution in [2.45, 2.75) is 19.3 Å². The van der Waals surface area contributed by atoms with E-state index in [1.54, 1.807) is 13.8 Å². The Balaban J connectivity index is 3.26. The van der Waals surface area contributed by atoms with Crippen molar-refractivity contribution in [3.63, 3.8) is 0 Å². The lowest BCUT2D eigenvalue weighted by Crippen LogP contribution is -2.22. The van der Waals surface area contributed by atoms with Crippen molar-refractivity contribution >= 4 is 0 Å². The fraction of sp³-hybridized carbons (Fsp3) is 0.400. The maximum Gasteiger partial charge on any atom is 0.187 e. The Morgan fingerprint density at radius 3 is 2.00 bits per heavy atom. The van der Waals surface area contributed by atoms with Gasteiger partial charge in [0.25, 0.3) is 0 Å². The summed E-state index contributed by atoms with van der Waals surface area (Å²) in [5.41, 5.74) is -0.414. The van der Waals surface area contributed by atoms with E-state index in [4.69, 9.17) is 10.2 Å². The number of hydrogen-bond donors (Lipinski definition) is 2. The van der Waals surface area contributed by atoms with E-state index in [0.29, 0.717) is 5.56 Å². The molecule has 1 aromatic carbocycles. The summed E-state index contributed by atoms with van der Waals surface area (Å²) in [6.45, 7) is 3.08. The summed E-state index contributed by atoms with van der Waals surface area (Å²) >= 11 is 0. The molecule has 1 rings (SSSR count). The highest BCUT2D eigenvalue weighted by atomic mass is 19.1. The summed E-state index contributed by atoms with van der Waals surface area (Å²) in [5.74, 6) is -3.01. The summed E-state index contributed by atoms with van der Waals surface area (Å²) in [7, 11) is 0. The van der Waals surface area contributed by atoms with Crippen LogP contribution in [0.2, 0.25) is 0 Å². The van der Waals surface area contributed by atoms with E-state index in [2.05, 4.69) is 0 Å². The van der Waals surface area contributed by atoms with Crippen LogP contribution in [0.5, 0.6) is 5.75 Å². The topological polar surface area (TPSA) is 40.5 Å².